The summed E-state index contributed by atoms with van der Waals surface area (Å²) in [7, 11) is 0. The van der Waals surface area contributed by atoms with Gasteiger partial charge in [0.2, 0.25) is 0 Å². The van der Waals surface area contributed by atoms with Crippen molar-refractivity contribution in [3.8, 4) is 0 Å². The second kappa shape index (κ2) is 9.34. The molecule has 5 nitrogen and oxygen atoms in total. The SMILES string of the molecule is CCNc1cc(C(=O)NCCOCCC(C)C)cc(C)n1. The fourth-order valence-electron chi connectivity index (χ4n) is 1.83. The molecular formula is C16H27N3O2. The van der Waals surface area contributed by atoms with Crippen LogP contribution < -0.4 is 10.6 Å². The van der Waals surface area contributed by atoms with Gasteiger partial charge in [0.05, 0.1) is 6.61 Å². The average Bonchev–Trinajstić information content (AvgIpc) is 2.41. The summed E-state index contributed by atoms with van der Waals surface area (Å²) < 4.78 is 5.48. The van der Waals surface area contributed by atoms with Crippen LogP contribution in [0.3, 0.4) is 0 Å². The van der Waals surface area contributed by atoms with Crippen molar-refractivity contribution in [3.05, 3.63) is 23.4 Å². The lowest BCUT2D eigenvalue weighted by Crippen LogP contribution is -2.27. The Hall–Kier alpha value is -1.62. The van der Waals surface area contributed by atoms with E-state index in [1.54, 1.807) is 12.1 Å². The van der Waals surface area contributed by atoms with E-state index in [1.165, 1.54) is 0 Å². The van der Waals surface area contributed by atoms with Crippen LogP contribution in [0, 0.1) is 12.8 Å². The smallest absolute Gasteiger partial charge is 0.251 e. The van der Waals surface area contributed by atoms with Gasteiger partial charge in [-0.3, -0.25) is 4.79 Å². The van der Waals surface area contributed by atoms with Crippen LogP contribution in [0.25, 0.3) is 0 Å². The third kappa shape index (κ3) is 7.09. The van der Waals surface area contributed by atoms with E-state index in [0.29, 0.717) is 24.6 Å². The summed E-state index contributed by atoms with van der Waals surface area (Å²) in [6.45, 7) is 10.8. The maximum Gasteiger partial charge on any atom is 0.251 e. The first-order valence-electron chi connectivity index (χ1n) is 7.61. The molecule has 1 aromatic heterocycles. The van der Waals surface area contributed by atoms with Crippen LogP contribution in [0.1, 0.15) is 43.2 Å². The Morgan fingerprint density at radius 1 is 1.33 bits per heavy atom. The molecular weight excluding hydrogens is 266 g/mol. The van der Waals surface area contributed by atoms with Gasteiger partial charge in [0.1, 0.15) is 5.82 Å². The van der Waals surface area contributed by atoms with E-state index in [0.717, 1.165) is 31.1 Å². The lowest BCUT2D eigenvalue weighted by molar-refractivity contribution is 0.0905. The van der Waals surface area contributed by atoms with E-state index in [2.05, 4.69) is 29.5 Å². The van der Waals surface area contributed by atoms with Gasteiger partial charge in [0, 0.05) is 31.0 Å². The molecule has 0 aromatic carbocycles. The van der Waals surface area contributed by atoms with E-state index in [4.69, 9.17) is 4.74 Å². The number of amides is 1. The predicted octanol–water partition coefficient (Wildman–Crippen LogP) is 2.61. The van der Waals surface area contributed by atoms with Crippen LogP contribution in [0.4, 0.5) is 5.82 Å². The maximum absolute atomic E-state index is 12.1. The molecule has 0 saturated heterocycles. The monoisotopic (exact) mass is 293 g/mol. The molecule has 5 heteroatoms. The number of hydrogen-bond donors (Lipinski definition) is 2. The molecule has 0 aliphatic carbocycles. The molecule has 1 aromatic rings. The van der Waals surface area contributed by atoms with Gasteiger partial charge in [0.25, 0.3) is 5.91 Å². The zero-order valence-corrected chi connectivity index (χ0v) is 13.5. The van der Waals surface area contributed by atoms with E-state index >= 15 is 0 Å². The summed E-state index contributed by atoms with van der Waals surface area (Å²) in [4.78, 5) is 16.4. The second-order valence-electron chi connectivity index (χ2n) is 5.46. The fourth-order valence-corrected chi connectivity index (χ4v) is 1.83. The van der Waals surface area contributed by atoms with Gasteiger partial charge in [-0.25, -0.2) is 4.98 Å². The molecule has 21 heavy (non-hydrogen) atoms. The van der Waals surface area contributed by atoms with Crippen molar-refractivity contribution in [3.63, 3.8) is 0 Å². The number of nitrogens with zero attached hydrogens (tertiary/aromatic N) is 1. The van der Waals surface area contributed by atoms with Gasteiger partial charge < -0.3 is 15.4 Å². The summed E-state index contributed by atoms with van der Waals surface area (Å²) in [5.41, 5.74) is 1.45. The summed E-state index contributed by atoms with van der Waals surface area (Å²) in [5.74, 6) is 1.28. The van der Waals surface area contributed by atoms with Crippen molar-refractivity contribution < 1.29 is 9.53 Å². The van der Waals surface area contributed by atoms with Gasteiger partial charge in [-0.05, 0) is 38.3 Å². The number of pyridine rings is 1. The summed E-state index contributed by atoms with van der Waals surface area (Å²) >= 11 is 0. The predicted molar refractivity (Wildman–Crippen MR) is 85.7 cm³/mol. The Bertz CT molecular complexity index is 447. The first-order valence-corrected chi connectivity index (χ1v) is 7.61. The highest BCUT2D eigenvalue weighted by molar-refractivity contribution is 5.94. The van der Waals surface area contributed by atoms with Crippen LogP contribution in [-0.2, 0) is 4.74 Å². The zero-order valence-electron chi connectivity index (χ0n) is 13.5. The van der Waals surface area contributed by atoms with Crippen molar-refractivity contribution >= 4 is 11.7 Å². The number of hydrogen-bond acceptors (Lipinski definition) is 4. The highest BCUT2D eigenvalue weighted by atomic mass is 16.5. The van der Waals surface area contributed by atoms with Crippen molar-refractivity contribution in [1.82, 2.24) is 10.3 Å². The third-order valence-corrected chi connectivity index (χ3v) is 2.94. The standard InChI is InChI=1S/C16H27N3O2/c1-5-17-15-11-14(10-13(4)19-15)16(20)18-7-9-21-8-6-12(2)3/h10-12H,5-9H2,1-4H3,(H,17,19)(H,18,20). The molecule has 0 bridgehead atoms. The highest BCUT2D eigenvalue weighted by Gasteiger charge is 2.08. The summed E-state index contributed by atoms with van der Waals surface area (Å²) in [6.07, 6.45) is 1.05. The number of anilines is 1. The van der Waals surface area contributed by atoms with Crippen molar-refractivity contribution in [2.24, 2.45) is 5.92 Å². The van der Waals surface area contributed by atoms with Gasteiger partial charge >= 0.3 is 0 Å². The van der Waals surface area contributed by atoms with Gasteiger partial charge in [-0.1, -0.05) is 13.8 Å². The number of rotatable bonds is 9. The second-order valence-corrected chi connectivity index (χ2v) is 5.46. The zero-order chi connectivity index (χ0) is 15.7. The van der Waals surface area contributed by atoms with E-state index < -0.39 is 0 Å². The number of aryl methyl sites for hydroxylation is 1. The highest BCUT2D eigenvalue weighted by Crippen LogP contribution is 2.09. The molecule has 118 valence electrons. The van der Waals surface area contributed by atoms with E-state index in [-0.39, 0.29) is 5.91 Å². The summed E-state index contributed by atoms with van der Waals surface area (Å²) in [6, 6.07) is 3.56. The molecule has 0 spiro atoms. The van der Waals surface area contributed by atoms with Crippen LogP contribution in [-0.4, -0.2) is 37.2 Å². The van der Waals surface area contributed by atoms with Crippen LogP contribution >= 0.6 is 0 Å². The Morgan fingerprint density at radius 3 is 2.76 bits per heavy atom. The lowest BCUT2D eigenvalue weighted by Gasteiger charge is -2.09. The van der Waals surface area contributed by atoms with Gasteiger partial charge in [-0.15, -0.1) is 0 Å². The van der Waals surface area contributed by atoms with Gasteiger partial charge in [-0.2, -0.15) is 0 Å². The summed E-state index contributed by atoms with van der Waals surface area (Å²) in [5, 5.41) is 5.99. The first-order chi connectivity index (χ1) is 10.0. The minimum absolute atomic E-state index is 0.0906. The molecule has 1 rings (SSSR count). The fraction of sp³-hybridized carbons (Fsp3) is 0.625. The van der Waals surface area contributed by atoms with Crippen molar-refractivity contribution in [1.29, 1.82) is 0 Å². The minimum atomic E-state index is -0.0906. The Labute approximate surface area is 127 Å². The largest absolute Gasteiger partial charge is 0.380 e. The van der Waals surface area contributed by atoms with E-state index in [9.17, 15) is 4.79 Å². The molecule has 0 aliphatic heterocycles. The third-order valence-electron chi connectivity index (χ3n) is 2.94. The molecule has 0 aliphatic rings. The quantitative estimate of drug-likeness (QED) is 0.687. The normalized spacial score (nSPS) is 10.7. The molecule has 0 saturated carbocycles. The van der Waals surface area contributed by atoms with Crippen LogP contribution in [0.15, 0.2) is 12.1 Å². The average molecular weight is 293 g/mol. The molecule has 1 heterocycles. The number of aromatic nitrogens is 1. The number of carbonyl (C=O) groups excluding carboxylic acids is 1. The molecule has 0 fully saturated rings. The topological polar surface area (TPSA) is 63.2 Å². The Balaban J connectivity index is 2.38. The Kier molecular flexibility index (Phi) is 7.75. The van der Waals surface area contributed by atoms with E-state index in [1.807, 2.05) is 13.8 Å². The first kappa shape index (κ1) is 17.4. The van der Waals surface area contributed by atoms with Crippen molar-refractivity contribution in [2.45, 2.75) is 34.1 Å². The lowest BCUT2D eigenvalue weighted by atomic mass is 10.1. The minimum Gasteiger partial charge on any atom is -0.380 e. The molecule has 1 amide bonds. The number of carbonyl (C=O) groups is 1. The molecule has 0 atom stereocenters. The Morgan fingerprint density at radius 2 is 2.10 bits per heavy atom. The molecule has 2 N–H and O–H groups in total. The molecule has 0 unspecified atom stereocenters. The van der Waals surface area contributed by atoms with Crippen LogP contribution in [0.2, 0.25) is 0 Å². The number of nitrogens with one attached hydrogen (secondary N) is 2. The van der Waals surface area contributed by atoms with Crippen molar-refractivity contribution in [2.75, 3.05) is 31.6 Å². The maximum atomic E-state index is 12.1. The van der Waals surface area contributed by atoms with Crippen LogP contribution in [0.5, 0.6) is 0 Å². The number of ether oxygens (including phenoxy) is 1. The molecule has 0 radical (unpaired) electrons. The van der Waals surface area contributed by atoms with Gasteiger partial charge in [0.15, 0.2) is 0 Å².